The first kappa shape index (κ1) is 14.6. The Balaban J connectivity index is 1.69. The van der Waals surface area contributed by atoms with Crippen molar-refractivity contribution in [2.24, 2.45) is 0 Å². The molecule has 4 heteroatoms. The molecule has 1 aliphatic rings. The number of anilines is 1. The summed E-state index contributed by atoms with van der Waals surface area (Å²) in [6.45, 7) is 0.937. The van der Waals surface area contributed by atoms with E-state index in [0.29, 0.717) is 18.8 Å². The lowest BCUT2D eigenvalue weighted by Crippen LogP contribution is -2.28. The fraction of sp³-hybridized carbons (Fsp3) is 0.278. The van der Waals surface area contributed by atoms with Gasteiger partial charge in [0.15, 0.2) is 0 Å². The van der Waals surface area contributed by atoms with E-state index in [1.807, 2.05) is 73.6 Å². The number of carbonyl (C=O) groups excluding carboxylic acids is 1. The molecule has 2 aromatic carbocycles. The molecule has 1 aliphatic heterocycles. The average molecular weight is 296 g/mol. The third kappa shape index (κ3) is 2.97. The molecule has 0 radical (unpaired) electrons. The first-order valence-corrected chi connectivity index (χ1v) is 7.38. The molecule has 1 heterocycles. The van der Waals surface area contributed by atoms with Crippen molar-refractivity contribution in [1.29, 1.82) is 0 Å². The molecule has 114 valence electrons. The smallest absolute Gasteiger partial charge is 0.255 e. The van der Waals surface area contributed by atoms with Crippen LogP contribution in [0.3, 0.4) is 0 Å². The molecule has 0 N–H and O–H groups in total. The summed E-state index contributed by atoms with van der Waals surface area (Å²) in [6, 6.07) is 17.7. The second-order valence-electron chi connectivity index (χ2n) is 5.66. The molecule has 1 unspecified atom stereocenters. The number of nitrogens with zero attached hydrogens (tertiary/aromatic N) is 2. The Hall–Kier alpha value is -2.33. The predicted octanol–water partition coefficient (Wildman–Crippen LogP) is 2.92. The molecule has 0 bridgehead atoms. The van der Waals surface area contributed by atoms with Crippen molar-refractivity contribution in [2.45, 2.75) is 6.10 Å². The SMILES string of the molecule is CN(C)c1ccc(C(=O)N2COC(c3ccccc3)C2)cc1. The number of carbonyl (C=O) groups is 1. The summed E-state index contributed by atoms with van der Waals surface area (Å²) in [4.78, 5) is 16.3. The van der Waals surface area contributed by atoms with Crippen LogP contribution >= 0.6 is 0 Å². The molecule has 1 atom stereocenters. The summed E-state index contributed by atoms with van der Waals surface area (Å²) in [5.74, 6) is 0.0173. The van der Waals surface area contributed by atoms with Crippen LogP contribution in [-0.4, -0.2) is 38.2 Å². The summed E-state index contributed by atoms with van der Waals surface area (Å²) < 4.78 is 5.75. The Kier molecular flexibility index (Phi) is 4.11. The van der Waals surface area contributed by atoms with Gasteiger partial charge in [-0.3, -0.25) is 4.79 Å². The maximum Gasteiger partial charge on any atom is 0.255 e. The second kappa shape index (κ2) is 6.20. The van der Waals surface area contributed by atoms with Gasteiger partial charge in [-0.2, -0.15) is 0 Å². The van der Waals surface area contributed by atoms with Crippen LogP contribution < -0.4 is 4.90 Å². The van der Waals surface area contributed by atoms with Gasteiger partial charge in [-0.1, -0.05) is 30.3 Å². The molecular formula is C18H20N2O2. The van der Waals surface area contributed by atoms with Gasteiger partial charge >= 0.3 is 0 Å². The number of benzene rings is 2. The summed E-state index contributed by atoms with van der Waals surface area (Å²) in [7, 11) is 3.96. The Morgan fingerprint density at radius 2 is 1.77 bits per heavy atom. The standard InChI is InChI=1S/C18H20N2O2/c1-19(2)16-10-8-15(9-11-16)18(21)20-12-17(22-13-20)14-6-4-3-5-7-14/h3-11,17H,12-13H2,1-2H3. The lowest BCUT2D eigenvalue weighted by Gasteiger charge is -2.16. The molecular weight excluding hydrogens is 276 g/mol. The molecule has 2 aromatic rings. The van der Waals surface area contributed by atoms with Gasteiger partial charge in [-0.05, 0) is 29.8 Å². The van der Waals surface area contributed by atoms with Gasteiger partial charge in [-0.25, -0.2) is 0 Å². The van der Waals surface area contributed by atoms with Crippen LogP contribution in [0.15, 0.2) is 54.6 Å². The van der Waals surface area contributed by atoms with Crippen LogP contribution in [0.2, 0.25) is 0 Å². The van der Waals surface area contributed by atoms with Gasteiger partial charge in [0, 0.05) is 25.3 Å². The van der Waals surface area contributed by atoms with Crippen molar-refractivity contribution < 1.29 is 9.53 Å². The van der Waals surface area contributed by atoms with Gasteiger partial charge in [-0.15, -0.1) is 0 Å². The van der Waals surface area contributed by atoms with Crippen LogP contribution in [0.4, 0.5) is 5.69 Å². The fourth-order valence-electron chi connectivity index (χ4n) is 2.58. The van der Waals surface area contributed by atoms with Crippen molar-refractivity contribution in [1.82, 2.24) is 4.90 Å². The van der Waals surface area contributed by atoms with E-state index in [2.05, 4.69) is 0 Å². The second-order valence-corrected chi connectivity index (χ2v) is 5.66. The summed E-state index contributed by atoms with van der Waals surface area (Å²) in [6.07, 6.45) is -0.0359. The zero-order valence-corrected chi connectivity index (χ0v) is 12.9. The highest BCUT2D eigenvalue weighted by Gasteiger charge is 2.28. The predicted molar refractivity (Wildman–Crippen MR) is 86.9 cm³/mol. The number of amides is 1. The first-order valence-electron chi connectivity index (χ1n) is 7.38. The largest absolute Gasteiger partial charge is 0.378 e. The monoisotopic (exact) mass is 296 g/mol. The van der Waals surface area contributed by atoms with E-state index in [1.165, 1.54) is 0 Å². The number of hydrogen-bond donors (Lipinski definition) is 0. The molecule has 1 fully saturated rings. The molecule has 0 aromatic heterocycles. The maximum atomic E-state index is 12.5. The third-order valence-corrected chi connectivity index (χ3v) is 3.91. The quantitative estimate of drug-likeness (QED) is 0.873. The van der Waals surface area contributed by atoms with E-state index in [4.69, 9.17) is 4.74 Å². The summed E-state index contributed by atoms with van der Waals surface area (Å²) >= 11 is 0. The van der Waals surface area contributed by atoms with Crippen LogP contribution in [0.25, 0.3) is 0 Å². The molecule has 4 nitrogen and oxygen atoms in total. The van der Waals surface area contributed by atoms with Crippen LogP contribution in [0.1, 0.15) is 22.0 Å². The Labute approximate surface area is 130 Å². The minimum atomic E-state index is -0.0359. The first-order chi connectivity index (χ1) is 10.6. The van der Waals surface area contributed by atoms with Crippen molar-refractivity contribution >= 4 is 11.6 Å². The van der Waals surface area contributed by atoms with Gasteiger partial charge in [0.25, 0.3) is 5.91 Å². The van der Waals surface area contributed by atoms with Gasteiger partial charge in [0.1, 0.15) is 12.8 Å². The fourth-order valence-corrected chi connectivity index (χ4v) is 2.58. The Bertz CT molecular complexity index is 638. The van der Waals surface area contributed by atoms with Crippen molar-refractivity contribution in [3.05, 3.63) is 65.7 Å². The number of hydrogen-bond acceptors (Lipinski definition) is 3. The zero-order chi connectivity index (χ0) is 15.5. The zero-order valence-electron chi connectivity index (χ0n) is 12.9. The highest BCUT2D eigenvalue weighted by Crippen LogP contribution is 2.25. The highest BCUT2D eigenvalue weighted by atomic mass is 16.5. The van der Waals surface area contributed by atoms with Gasteiger partial charge < -0.3 is 14.5 Å². The lowest BCUT2D eigenvalue weighted by atomic mass is 10.1. The number of rotatable bonds is 3. The average Bonchev–Trinajstić information content (AvgIpc) is 3.05. The van der Waals surface area contributed by atoms with E-state index < -0.39 is 0 Å². The Morgan fingerprint density at radius 3 is 2.41 bits per heavy atom. The highest BCUT2D eigenvalue weighted by molar-refractivity contribution is 5.94. The minimum absolute atomic E-state index is 0.0173. The van der Waals surface area contributed by atoms with E-state index >= 15 is 0 Å². The van der Waals surface area contributed by atoms with Gasteiger partial charge in [0.2, 0.25) is 0 Å². The maximum absolute atomic E-state index is 12.5. The number of ether oxygens (including phenoxy) is 1. The van der Waals surface area contributed by atoms with E-state index in [1.54, 1.807) is 4.90 Å². The van der Waals surface area contributed by atoms with Crippen molar-refractivity contribution in [2.75, 3.05) is 32.3 Å². The van der Waals surface area contributed by atoms with Gasteiger partial charge in [0.05, 0.1) is 6.54 Å². The summed E-state index contributed by atoms with van der Waals surface area (Å²) in [5, 5.41) is 0. The van der Waals surface area contributed by atoms with E-state index in [-0.39, 0.29) is 12.0 Å². The minimum Gasteiger partial charge on any atom is -0.378 e. The molecule has 0 spiro atoms. The molecule has 1 saturated heterocycles. The topological polar surface area (TPSA) is 32.8 Å². The normalized spacial score (nSPS) is 17.5. The van der Waals surface area contributed by atoms with Crippen molar-refractivity contribution in [3.63, 3.8) is 0 Å². The van der Waals surface area contributed by atoms with Crippen LogP contribution in [-0.2, 0) is 4.74 Å². The van der Waals surface area contributed by atoms with E-state index in [9.17, 15) is 4.79 Å². The van der Waals surface area contributed by atoms with Crippen molar-refractivity contribution in [3.8, 4) is 0 Å². The lowest BCUT2D eigenvalue weighted by molar-refractivity contribution is 0.0630. The molecule has 1 amide bonds. The molecule has 22 heavy (non-hydrogen) atoms. The van der Waals surface area contributed by atoms with E-state index in [0.717, 1.165) is 11.3 Å². The molecule has 0 aliphatic carbocycles. The molecule has 3 rings (SSSR count). The molecule has 0 saturated carbocycles. The van der Waals surface area contributed by atoms with Crippen LogP contribution in [0, 0.1) is 0 Å². The van der Waals surface area contributed by atoms with Crippen LogP contribution in [0.5, 0.6) is 0 Å². The summed E-state index contributed by atoms with van der Waals surface area (Å²) in [5.41, 5.74) is 2.89. The Morgan fingerprint density at radius 1 is 1.09 bits per heavy atom. The third-order valence-electron chi connectivity index (χ3n) is 3.91.